The van der Waals surface area contributed by atoms with Gasteiger partial charge >= 0.3 is 0 Å². The fourth-order valence-corrected chi connectivity index (χ4v) is 1.02. The van der Waals surface area contributed by atoms with E-state index in [1.54, 1.807) is 0 Å². The summed E-state index contributed by atoms with van der Waals surface area (Å²) in [5.41, 5.74) is 0. The quantitative estimate of drug-likeness (QED) is 0.348. The Hall–Kier alpha value is 0.0200. The Morgan fingerprint density at radius 1 is 0.769 bits per heavy atom. The highest BCUT2D eigenvalue weighted by molar-refractivity contribution is 6.19. The van der Waals surface area contributed by atoms with Crippen molar-refractivity contribution in [3.8, 4) is 0 Å². The SMILES string of the molecule is ClC/C=C\CCOCC/C=C/CCl. The van der Waals surface area contributed by atoms with Crippen molar-refractivity contribution >= 4 is 23.2 Å². The van der Waals surface area contributed by atoms with Crippen LogP contribution < -0.4 is 0 Å². The van der Waals surface area contributed by atoms with Crippen molar-refractivity contribution < 1.29 is 4.74 Å². The fourth-order valence-electron chi connectivity index (χ4n) is 0.767. The molecule has 0 N–H and O–H groups in total. The van der Waals surface area contributed by atoms with Gasteiger partial charge in [-0.15, -0.1) is 23.2 Å². The molecule has 0 rings (SSSR count). The van der Waals surface area contributed by atoms with Crippen LogP contribution in [0.4, 0.5) is 0 Å². The topological polar surface area (TPSA) is 9.23 Å². The molecule has 0 spiro atoms. The van der Waals surface area contributed by atoms with E-state index in [1.165, 1.54) is 0 Å². The molecule has 0 aliphatic heterocycles. The van der Waals surface area contributed by atoms with Gasteiger partial charge < -0.3 is 4.74 Å². The van der Waals surface area contributed by atoms with Gasteiger partial charge in [0.2, 0.25) is 0 Å². The maximum Gasteiger partial charge on any atom is 0.0500 e. The van der Waals surface area contributed by atoms with Crippen molar-refractivity contribution in [1.82, 2.24) is 0 Å². The van der Waals surface area contributed by atoms with Crippen molar-refractivity contribution in [2.45, 2.75) is 12.8 Å². The van der Waals surface area contributed by atoms with Crippen LogP contribution in [0.15, 0.2) is 24.3 Å². The lowest BCUT2D eigenvalue weighted by Gasteiger charge is -1.98. The van der Waals surface area contributed by atoms with E-state index < -0.39 is 0 Å². The zero-order chi connectivity index (χ0) is 9.78. The highest BCUT2D eigenvalue weighted by atomic mass is 35.5. The van der Waals surface area contributed by atoms with E-state index >= 15 is 0 Å². The van der Waals surface area contributed by atoms with Gasteiger partial charge in [0, 0.05) is 11.8 Å². The van der Waals surface area contributed by atoms with E-state index in [1.807, 2.05) is 24.3 Å². The molecule has 0 radical (unpaired) electrons. The molecule has 0 bridgehead atoms. The Labute approximate surface area is 90.4 Å². The lowest BCUT2D eigenvalue weighted by atomic mass is 10.4. The molecule has 0 saturated carbocycles. The minimum Gasteiger partial charge on any atom is -0.381 e. The van der Waals surface area contributed by atoms with Crippen molar-refractivity contribution in [2.75, 3.05) is 25.0 Å². The molecule has 3 heteroatoms. The van der Waals surface area contributed by atoms with Gasteiger partial charge in [-0.25, -0.2) is 0 Å². The normalized spacial score (nSPS) is 11.8. The first-order chi connectivity index (χ1) is 6.41. The molecule has 13 heavy (non-hydrogen) atoms. The van der Waals surface area contributed by atoms with E-state index in [-0.39, 0.29) is 0 Å². The first kappa shape index (κ1) is 13.0. The Morgan fingerprint density at radius 3 is 1.62 bits per heavy atom. The number of allylic oxidation sites excluding steroid dienone is 2. The van der Waals surface area contributed by atoms with Crippen molar-refractivity contribution in [3.05, 3.63) is 24.3 Å². The average Bonchev–Trinajstić information content (AvgIpc) is 2.16. The largest absolute Gasteiger partial charge is 0.381 e. The molecule has 0 aromatic heterocycles. The molecule has 0 saturated heterocycles. The van der Waals surface area contributed by atoms with E-state index in [4.69, 9.17) is 27.9 Å². The van der Waals surface area contributed by atoms with Gasteiger partial charge in [-0.05, 0) is 12.8 Å². The second-order valence-electron chi connectivity index (χ2n) is 2.44. The van der Waals surface area contributed by atoms with E-state index in [9.17, 15) is 0 Å². The van der Waals surface area contributed by atoms with Crippen LogP contribution in [-0.2, 0) is 4.74 Å². The summed E-state index contributed by atoms with van der Waals surface area (Å²) in [4.78, 5) is 0. The van der Waals surface area contributed by atoms with Crippen LogP contribution >= 0.6 is 23.2 Å². The first-order valence-electron chi connectivity index (χ1n) is 4.41. The van der Waals surface area contributed by atoms with Crippen LogP contribution in [-0.4, -0.2) is 25.0 Å². The number of ether oxygens (including phenoxy) is 1. The molecular weight excluding hydrogens is 207 g/mol. The van der Waals surface area contributed by atoms with Crippen molar-refractivity contribution in [2.24, 2.45) is 0 Å². The smallest absolute Gasteiger partial charge is 0.0500 e. The van der Waals surface area contributed by atoms with Gasteiger partial charge in [0.25, 0.3) is 0 Å². The predicted octanol–water partition coefficient (Wildman–Crippen LogP) is 3.37. The molecular formula is C10H16Cl2O. The van der Waals surface area contributed by atoms with Crippen molar-refractivity contribution in [1.29, 1.82) is 0 Å². The van der Waals surface area contributed by atoms with E-state index in [0.29, 0.717) is 11.8 Å². The second-order valence-corrected chi connectivity index (χ2v) is 3.06. The molecule has 0 amide bonds. The molecule has 0 fully saturated rings. The summed E-state index contributed by atoms with van der Waals surface area (Å²) in [7, 11) is 0. The maximum absolute atomic E-state index is 5.45. The predicted molar refractivity (Wildman–Crippen MR) is 59.8 cm³/mol. The molecule has 0 unspecified atom stereocenters. The number of halogens is 2. The standard InChI is InChI=1S/C10H16Cl2O/c11-7-3-1-5-9-13-10-6-2-4-8-12/h1-4H,5-10H2/b3-1-,4-2+. The van der Waals surface area contributed by atoms with Gasteiger partial charge in [-0.2, -0.15) is 0 Å². The summed E-state index contributed by atoms with van der Waals surface area (Å²) in [5, 5.41) is 0. The zero-order valence-corrected chi connectivity index (χ0v) is 9.23. The molecule has 0 atom stereocenters. The summed E-state index contributed by atoms with van der Waals surface area (Å²) in [6.07, 6.45) is 9.79. The second kappa shape index (κ2) is 12.0. The lowest BCUT2D eigenvalue weighted by Crippen LogP contribution is -1.94. The Bertz CT molecular complexity index is 128. The zero-order valence-electron chi connectivity index (χ0n) is 7.72. The first-order valence-corrected chi connectivity index (χ1v) is 5.48. The summed E-state index contributed by atoms with van der Waals surface area (Å²) in [5.74, 6) is 1.16. The average molecular weight is 223 g/mol. The Kier molecular flexibility index (Phi) is 12.0. The minimum atomic E-state index is 0.582. The molecule has 1 nitrogen and oxygen atoms in total. The van der Waals surface area contributed by atoms with Gasteiger partial charge in [0.05, 0.1) is 13.2 Å². The molecule has 76 valence electrons. The summed E-state index contributed by atoms with van der Waals surface area (Å²) in [6, 6.07) is 0. The molecule has 0 aliphatic rings. The third-order valence-electron chi connectivity index (χ3n) is 1.37. The van der Waals surface area contributed by atoms with Crippen LogP contribution in [0.3, 0.4) is 0 Å². The maximum atomic E-state index is 5.45. The van der Waals surface area contributed by atoms with Gasteiger partial charge in [-0.1, -0.05) is 24.3 Å². The molecule has 0 aromatic carbocycles. The minimum absolute atomic E-state index is 0.582. The Balaban J connectivity index is 2.99. The monoisotopic (exact) mass is 222 g/mol. The number of hydrogen-bond donors (Lipinski definition) is 0. The highest BCUT2D eigenvalue weighted by Gasteiger charge is 1.83. The summed E-state index contributed by atoms with van der Waals surface area (Å²) >= 11 is 10.9. The summed E-state index contributed by atoms with van der Waals surface area (Å²) in [6.45, 7) is 1.53. The van der Waals surface area contributed by atoms with Crippen LogP contribution in [0.2, 0.25) is 0 Å². The van der Waals surface area contributed by atoms with E-state index in [0.717, 1.165) is 26.1 Å². The van der Waals surface area contributed by atoms with Crippen LogP contribution in [0, 0.1) is 0 Å². The van der Waals surface area contributed by atoms with Crippen LogP contribution in [0.25, 0.3) is 0 Å². The number of alkyl halides is 2. The Morgan fingerprint density at radius 2 is 1.23 bits per heavy atom. The van der Waals surface area contributed by atoms with Gasteiger partial charge in [0.15, 0.2) is 0 Å². The van der Waals surface area contributed by atoms with Crippen molar-refractivity contribution in [3.63, 3.8) is 0 Å². The van der Waals surface area contributed by atoms with Gasteiger partial charge in [0.1, 0.15) is 0 Å². The molecule has 0 aliphatic carbocycles. The third-order valence-corrected chi connectivity index (χ3v) is 1.73. The number of hydrogen-bond acceptors (Lipinski definition) is 1. The number of rotatable bonds is 8. The summed E-state index contributed by atoms with van der Waals surface area (Å²) < 4.78 is 5.34. The van der Waals surface area contributed by atoms with Crippen LogP contribution in [0.5, 0.6) is 0 Å². The molecule has 0 aromatic rings. The fraction of sp³-hybridized carbons (Fsp3) is 0.600. The van der Waals surface area contributed by atoms with E-state index in [2.05, 4.69) is 0 Å². The van der Waals surface area contributed by atoms with Crippen LogP contribution in [0.1, 0.15) is 12.8 Å². The van der Waals surface area contributed by atoms with Gasteiger partial charge in [-0.3, -0.25) is 0 Å². The third kappa shape index (κ3) is 12.0. The highest BCUT2D eigenvalue weighted by Crippen LogP contribution is 1.90. The molecule has 0 heterocycles. The lowest BCUT2D eigenvalue weighted by molar-refractivity contribution is 0.143.